The third kappa shape index (κ3) is 5.97. The summed E-state index contributed by atoms with van der Waals surface area (Å²) in [5.41, 5.74) is 5.79. The second-order valence-electron chi connectivity index (χ2n) is 5.01. The van der Waals surface area contributed by atoms with Crippen molar-refractivity contribution in [3.63, 3.8) is 0 Å². The van der Waals surface area contributed by atoms with Crippen molar-refractivity contribution in [2.45, 2.75) is 44.7 Å². The van der Waals surface area contributed by atoms with E-state index in [-0.39, 0.29) is 24.4 Å². The minimum Gasteiger partial charge on any atom is -0.481 e. The van der Waals surface area contributed by atoms with Gasteiger partial charge < -0.3 is 16.2 Å². The molecule has 1 amide bonds. The zero-order chi connectivity index (χ0) is 13.5. The van der Waals surface area contributed by atoms with Gasteiger partial charge in [0.05, 0.1) is 6.54 Å². The topological polar surface area (TPSA) is 95.7 Å². The number of carbonyl (C=O) groups is 2. The average Bonchev–Trinajstić information content (AvgIpc) is 2.29. The van der Waals surface area contributed by atoms with Gasteiger partial charge in [-0.25, -0.2) is 0 Å². The van der Waals surface area contributed by atoms with E-state index < -0.39 is 5.97 Å². The monoisotopic (exact) mass is 257 g/mol. The largest absolute Gasteiger partial charge is 0.481 e. The van der Waals surface area contributed by atoms with Gasteiger partial charge in [0.25, 0.3) is 0 Å². The molecule has 1 aliphatic heterocycles. The molecule has 1 fully saturated rings. The molecule has 104 valence electrons. The number of hydrogen-bond acceptors (Lipinski definition) is 4. The third-order valence-corrected chi connectivity index (χ3v) is 3.20. The van der Waals surface area contributed by atoms with Gasteiger partial charge in [0, 0.05) is 31.6 Å². The van der Waals surface area contributed by atoms with Crippen LogP contribution in [0.15, 0.2) is 0 Å². The second kappa shape index (κ2) is 7.33. The molecular weight excluding hydrogens is 234 g/mol. The average molecular weight is 257 g/mol. The number of piperidine rings is 1. The molecular formula is C12H23N3O3. The minimum absolute atomic E-state index is 0.0386. The number of aliphatic carboxylic acids is 1. The summed E-state index contributed by atoms with van der Waals surface area (Å²) in [6.07, 6.45) is 2.41. The number of hydrogen-bond donors (Lipinski definition) is 3. The Bertz CT molecular complexity index is 288. The minimum atomic E-state index is -0.832. The summed E-state index contributed by atoms with van der Waals surface area (Å²) in [5, 5.41) is 11.4. The highest BCUT2D eigenvalue weighted by Gasteiger charge is 2.18. The van der Waals surface area contributed by atoms with Crippen LogP contribution in [0.4, 0.5) is 0 Å². The van der Waals surface area contributed by atoms with E-state index in [0.717, 1.165) is 25.9 Å². The van der Waals surface area contributed by atoms with E-state index >= 15 is 0 Å². The number of likely N-dealkylation sites (tertiary alicyclic amines) is 1. The highest BCUT2D eigenvalue weighted by atomic mass is 16.4. The van der Waals surface area contributed by atoms with Crippen LogP contribution in [0.3, 0.4) is 0 Å². The molecule has 0 bridgehead atoms. The molecule has 0 saturated carbocycles. The summed E-state index contributed by atoms with van der Waals surface area (Å²) in [6, 6.07) is 0.166. The predicted octanol–water partition coefficient (Wildman–Crippen LogP) is -0.221. The zero-order valence-electron chi connectivity index (χ0n) is 10.9. The van der Waals surface area contributed by atoms with Crippen LogP contribution in [0.2, 0.25) is 0 Å². The van der Waals surface area contributed by atoms with Gasteiger partial charge in [0.2, 0.25) is 5.91 Å². The standard InChI is InChI=1S/C12H23N3O3/c1-9(2-3-12(17)18)14-11(16)8-15-6-4-10(13)5-7-15/h9-10H,2-8,13H2,1H3,(H,14,16)(H,17,18). The summed E-state index contributed by atoms with van der Waals surface area (Å²) in [4.78, 5) is 24.2. The first-order valence-corrected chi connectivity index (χ1v) is 6.46. The fourth-order valence-electron chi connectivity index (χ4n) is 2.05. The van der Waals surface area contributed by atoms with Crippen molar-refractivity contribution in [1.29, 1.82) is 0 Å². The van der Waals surface area contributed by atoms with Gasteiger partial charge in [-0.15, -0.1) is 0 Å². The van der Waals surface area contributed by atoms with Crippen LogP contribution in [0.1, 0.15) is 32.6 Å². The molecule has 6 nitrogen and oxygen atoms in total. The van der Waals surface area contributed by atoms with Gasteiger partial charge in [0.15, 0.2) is 0 Å². The highest BCUT2D eigenvalue weighted by Crippen LogP contribution is 2.07. The summed E-state index contributed by atoms with van der Waals surface area (Å²) >= 11 is 0. The van der Waals surface area contributed by atoms with Crippen LogP contribution in [0, 0.1) is 0 Å². The first-order chi connectivity index (χ1) is 8.47. The van der Waals surface area contributed by atoms with E-state index in [1.54, 1.807) is 0 Å². The second-order valence-corrected chi connectivity index (χ2v) is 5.01. The fourth-order valence-corrected chi connectivity index (χ4v) is 2.05. The molecule has 4 N–H and O–H groups in total. The van der Waals surface area contributed by atoms with Crippen LogP contribution in [0.25, 0.3) is 0 Å². The number of carboxylic acids is 1. The Labute approximate surface area is 108 Å². The lowest BCUT2D eigenvalue weighted by molar-refractivity contribution is -0.137. The third-order valence-electron chi connectivity index (χ3n) is 3.20. The Hall–Kier alpha value is -1.14. The van der Waals surface area contributed by atoms with Crippen molar-refractivity contribution >= 4 is 11.9 Å². The van der Waals surface area contributed by atoms with Gasteiger partial charge in [-0.05, 0) is 26.2 Å². The molecule has 1 saturated heterocycles. The highest BCUT2D eigenvalue weighted by molar-refractivity contribution is 5.78. The quantitative estimate of drug-likeness (QED) is 0.611. The zero-order valence-corrected chi connectivity index (χ0v) is 10.9. The molecule has 0 aromatic carbocycles. The van der Waals surface area contributed by atoms with Gasteiger partial charge in [-0.2, -0.15) is 0 Å². The maximum absolute atomic E-state index is 11.7. The van der Waals surface area contributed by atoms with E-state index in [1.807, 2.05) is 6.92 Å². The number of carbonyl (C=O) groups excluding carboxylic acids is 1. The van der Waals surface area contributed by atoms with E-state index in [4.69, 9.17) is 10.8 Å². The molecule has 0 aromatic rings. The van der Waals surface area contributed by atoms with Crippen molar-refractivity contribution < 1.29 is 14.7 Å². The number of nitrogens with two attached hydrogens (primary N) is 1. The molecule has 1 rings (SSSR count). The maximum Gasteiger partial charge on any atom is 0.303 e. The van der Waals surface area contributed by atoms with Crippen LogP contribution < -0.4 is 11.1 Å². The van der Waals surface area contributed by atoms with Gasteiger partial charge >= 0.3 is 5.97 Å². The van der Waals surface area contributed by atoms with Crippen molar-refractivity contribution in [2.75, 3.05) is 19.6 Å². The smallest absolute Gasteiger partial charge is 0.303 e. The number of nitrogens with zero attached hydrogens (tertiary/aromatic N) is 1. The van der Waals surface area contributed by atoms with Crippen molar-refractivity contribution in [3.05, 3.63) is 0 Å². The Balaban J connectivity index is 2.18. The number of nitrogens with one attached hydrogen (secondary N) is 1. The summed E-state index contributed by atoms with van der Waals surface area (Å²) in [6.45, 7) is 3.92. The Kier molecular flexibility index (Phi) is 6.07. The van der Waals surface area contributed by atoms with Crippen molar-refractivity contribution in [3.8, 4) is 0 Å². The van der Waals surface area contributed by atoms with E-state index in [9.17, 15) is 9.59 Å². The van der Waals surface area contributed by atoms with Gasteiger partial charge in [-0.3, -0.25) is 14.5 Å². The summed E-state index contributed by atoms with van der Waals surface area (Å²) in [7, 11) is 0. The normalized spacial score (nSPS) is 19.4. The lowest BCUT2D eigenvalue weighted by Crippen LogP contribution is -2.46. The molecule has 1 heterocycles. The van der Waals surface area contributed by atoms with Crippen molar-refractivity contribution in [2.24, 2.45) is 5.73 Å². The van der Waals surface area contributed by atoms with Crippen LogP contribution >= 0.6 is 0 Å². The van der Waals surface area contributed by atoms with Gasteiger partial charge in [0.1, 0.15) is 0 Å². The number of carboxylic acid groups (broad SMARTS) is 1. The lowest BCUT2D eigenvalue weighted by Gasteiger charge is -2.29. The number of amides is 1. The Morgan fingerprint density at radius 3 is 2.61 bits per heavy atom. The lowest BCUT2D eigenvalue weighted by atomic mass is 10.1. The Morgan fingerprint density at radius 2 is 2.06 bits per heavy atom. The van der Waals surface area contributed by atoms with E-state index in [1.165, 1.54) is 0 Å². The fraction of sp³-hybridized carbons (Fsp3) is 0.833. The molecule has 1 unspecified atom stereocenters. The Morgan fingerprint density at radius 1 is 1.44 bits per heavy atom. The van der Waals surface area contributed by atoms with Crippen LogP contribution in [0.5, 0.6) is 0 Å². The molecule has 0 aliphatic carbocycles. The van der Waals surface area contributed by atoms with Crippen LogP contribution in [-0.2, 0) is 9.59 Å². The first kappa shape index (κ1) is 14.9. The molecule has 0 spiro atoms. The number of rotatable bonds is 6. The van der Waals surface area contributed by atoms with E-state index in [2.05, 4.69) is 10.2 Å². The molecule has 6 heteroatoms. The molecule has 1 aliphatic rings. The molecule has 18 heavy (non-hydrogen) atoms. The molecule has 0 aromatic heterocycles. The molecule has 1 atom stereocenters. The van der Waals surface area contributed by atoms with Crippen molar-refractivity contribution in [1.82, 2.24) is 10.2 Å². The predicted molar refractivity (Wildman–Crippen MR) is 68.1 cm³/mol. The van der Waals surface area contributed by atoms with Crippen LogP contribution in [-0.4, -0.2) is 53.6 Å². The summed E-state index contributed by atoms with van der Waals surface area (Å²) < 4.78 is 0. The van der Waals surface area contributed by atoms with E-state index in [0.29, 0.717) is 13.0 Å². The first-order valence-electron chi connectivity index (χ1n) is 6.46. The molecule has 0 radical (unpaired) electrons. The van der Waals surface area contributed by atoms with Gasteiger partial charge in [-0.1, -0.05) is 0 Å². The maximum atomic E-state index is 11.7. The summed E-state index contributed by atoms with van der Waals surface area (Å²) in [5.74, 6) is -0.871. The SMILES string of the molecule is CC(CCC(=O)O)NC(=O)CN1CCC(N)CC1.